The Bertz CT molecular complexity index is 841. The van der Waals surface area contributed by atoms with Gasteiger partial charge in [-0.05, 0) is 38.0 Å². The van der Waals surface area contributed by atoms with Crippen LogP contribution in [0.3, 0.4) is 0 Å². The molecule has 0 aromatic heterocycles. The van der Waals surface area contributed by atoms with E-state index in [1.165, 1.54) is 6.92 Å². The fourth-order valence-corrected chi connectivity index (χ4v) is 4.23. The molecule has 154 valence electrons. The molecular weight excluding hydrogens is 378 g/mol. The van der Waals surface area contributed by atoms with Crippen LogP contribution in [0, 0.1) is 11.8 Å². The summed E-state index contributed by atoms with van der Waals surface area (Å²) in [6.45, 7) is 1.83. The summed E-state index contributed by atoms with van der Waals surface area (Å²) in [5.74, 6) is -1.41. The Labute approximate surface area is 168 Å². The molecule has 1 aliphatic carbocycles. The molecule has 1 aromatic carbocycles. The molecule has 2 heterocycles. The first-order valence-corrected chi connectivity index (χ1v) is 9.94. The summed E-state index contributed by atoms with van der Waals surface area (Å²) < 4.78 is 16.0. The van der Waals surface area contributed by atoms with Crippen molar-refractivity contribution in [3.63, 3.8) is 0 Å². The van der Waals surface area contributed by atoms with Crippen LogP contribution in [0.4, 0.5) is 0 Å². The number of amides is 2. The van der Waals surface area contributed by atoms with Crippen molar-refractivity contribution < 1.29 is 33.4 Å². The minimum absolute atomic E-state index is 0.303. The van der Waals surface area contributed by atoms with Crippen LogP contribution in [-0.2, 0) is 19.1 Å². The van der Waals surface area contributed by atoms with E-state index in [1.807, 2.05) is 0 Å². The monoisotopic (exact) mass is 401 g/mol. The fourth-order valence-electron chi connectivity index (χ4n) is 4.23. The second kappa shape index (κ2) is 7.85. The van der Waals surface area contributed by atoms with Crippen LogP contribution in [0.1, 0.15) is 43.0 Å². The van der Waals surface area contributed by atoms with Crippen molar-refractivity contribution in [2.45, 2.75) is 38.6 Å². The van der Waals surface area contributed by atoms with Crippen molar-refractivity contribution in [2.75, 3.05) is 19.8 Å². The third-order valence-corrected chi connectivity index (χ3v) is 5.81. The molecule has 2 aliphatic heterocycles. The molecule has 2 fully saturated rings. The van der Waals surface area contributed by atoms with E-state index in [2.05, 4.69) is 0 Å². The molecular formula is C21H23NO7. The maximum Gasteiger partial charge on any atom is 0.329 e. The highest BCUT2D eigenvalue weighted by atomic mass is 16.6. The van der Waals surface area contributed by atoms with E-state index in [4.69, 9.17) is 14.2 Å². The highest BCUT2D eigenvalue weighted by Gasteiger charge is 2.51. The summed E-state index contributed by atoms with van der Waals surface area (Å²) in [6.07, 6.45) is 3.18. The number of benzene rings is 1. The number of hydrogen-bond donors (Lipinski definition) is 0. The number of fused-ring (bicyclic) bond motifs is 2. The summed E-state index contributed by atoms with van der Waals surface area (Å²) in [5, 5.41) is 0. The van der Waals surface area contributed by atoms with Crippen molar-refractivity contribution >= 4 is 23.6 Å². The minimum atomic E-state index is -1.05. The average Bonchev–Trinajstić information content (AvgIpc) is 3.01. The number of rotatable bonds is 5. The van der Waals surface area contributed by atoms with Crippen molar-refractivity contribution in [1.82, 2.24) is 4.90 Å². The number of imide groups is 1. The zero-order valence-corrected chi connectivity index (χ0v) is 16.2. The fraction of sp³-hybridized carbons (Fsp3) is 0.524. The normalized spacial score (nSPS) is 24.1. The molecule has 8 heteroatoms. The molecule has 1 aromatic rings. The molecule has 29 heavy (non-hydrogen) atoms. The second-order valence-electron chi connectivity index (χ2n) is 7.61. The first-order chi connectivity index (χ1) is 14.0. The van der Waals surface area contributed by atoms with Gasteiger partial charge in [-0.3, -0.25) is 19.3 Å². The van der Waals surface area contributed by atoms with Gasteiger partial charge in [0.05, 0.1) is 11.8 Å². The van der Waals surface area contributed by atoms with Crippen LogP contribution in [0.25, 0.3) is 0 Å². The molecule has 1 saturated heterocycles. The topological polar surface area (TPSA) is 99.2 Å². The van der Waals surface area contributed by atoms with Crippen LogP contribution < -0.4 is 9.47 Å². The van der Waals surface area contributed by atoms with E-state index in [-0.39, 0.29) is 23.7 Å². The maximum atomic E-state index is 12.6. The molecule has 0 spiro atoms. The third kappa shape index (κ3) is 3.59. The summed E-state index contributed by atoms with van der Waals surface area (Å²) in [6, 6.07) is 3.71. The second-order valence-corrected chi connectivity index (χ2v) is 7.61. The van der Waals surface area contributed by atoms with Gasteiger partial charge in [0, 0.05) is 5.56 Å². The number of nitrogens with zero attached hydrogens (tertiary/aromatic N) is 1. The lowest BCUT2D eigenvalue weighted by Crippen LogP contribution is -2.44. The first kappa shape index (κ1) is 19.4. The number of Topliss-reactive ketones (excluding diaryl/α,β-unsaturated/α-hetero) is 1. The predicted octanol–water partition coefficient (Wildman–Crippen LogP) is 1.75. The van der Waals surface area contributed by atoms with Gasteiger partial charge in [0.25, 0.3) is 0 Å². The molecule has 0 N–H and O–H groups in total. The number of hydrogen-bond acceptors (Lipinski definition) is 7. The molecule has 4 rings (SSSR count). The number of ketones is 1. The van der Waals surface area contributed by atoms with Gasteiger partial charge in [-0.25, -0.2) is 4.79 Å². The van der Waals surface area contributed by atoms with E-state index < -0.39 is 24.4 Å². The molecule has 1 saturated carbocycles. The summed E-state index contributed by atoms with van der Waals surface area (Å²) in [7, 11) is 0. The number of carbonyl (C=O) groups excluding carboxylic acids is 4. The highest BCUT2D eigenvalue weighted by molar-refractivity contribution is 6.08. The van der Waals surface area contributed by atoms with Crippen molar-refractivity contribution in [2.24, 2.45) is 11.8 Å². The number of esters is 1. The van der Waals surface area contributed by atoms with Crippen molar-refractivity contribution in [3.8, 4) is 11.5 Å². The Morgan fingerprint density at radius 3 is 2.34 bits per heavy atom. The third-order valence-electron chi connectivity index (χ3n) is 5.81. The quantitative estimate of drug-likeness (QED) is 0.421. The number of carbonyl (C=O) groups is 4. The van der Waals surface area contributed by atoms with Crippen LogP contribution >= 0.6 is 0 Å². The van der Waals surface area contributed by atoms with Gasteiger partial charge >= 0.3 is 5.97 Å². The lowest BCUT2D eigenvalue weighted by atomic mass is 9.81. The zero-order chi connectivity index (χ0) is 20.5. The molecule has 8 nitrogen and oxygen atoms in total. The Hall–Kier alpha value is -2.90. The smallest absolute Gasteiger partial charge is 0.329 e. The van der Waals surface area contributed by atoms with Crippen LogP contribution in [0.5, 0.6) is 11.5 Å². The van der Waals surface area contributed by atoms with Gasteiger partial charge < -0.3 is 14.2 Å². The summed E-state index contributed by atoms with van der Waals surface area (Å²) in [4.78, 5) is 51.0. The lowest BCUT2D eigenvalue weighted by Gasteiger charge is -2.21. The molecule has 3 aliphatic rings. The molecule has 3 atom stereocenters. The average molecular weight is 401 g/mol. The van der Waals surface area contributed by atoms with Crippen molar-refractivity contribution in [3.05, 3.63) is 23.8 Å². The Balaban J connectivity index is 1.37. The predicted molar refractivity (Wildman–Crippen MR) is 99.5 cm³/mol. The van der Waals surface area contributed by atoms with E-state index in [0.29, 0.717) is 43.1 Å². The summed E-state index contributed by atoms with van der Waals surface area (Å²) >= 11 is 0. The lowest BCUT2D eigenvalue weighted by molar-refractivity contribution is -0.157. The Morgan fingerprint density at radius 2 is 1.69 bits per heavy atom. The van der Waals surface area contributed by atoms with Crippen LogP contribution in [0.2, 0.25) is 0 Å². The van der Waals surface area contributed by atoms with Crippen LogP contribution in [-0.4, -0.2) is 54.3 Å². The minimum Gasteiger partial charge on any atom is -0.486 e. The molecule has 2 amide bonds. The van der Waals surface area contributed by atoms with Gasteiger partial charge in [-0.2, -0.15) is 0 Å². The van der Waals surface area contributed by atoms with Gasteiger partial charge in [0.1, 0.15) is 19.3 Å². The van der Waals surface area contributed by atoms with Gasteiger partial charge in [0.2, 0.25) is 11.8 Å². The maximum absolute atomic E-state index is 12.6. The van der Waals surface area contributed by atoms with Crippen molar-refractivity contribution in [1.29, 1.82) is 0 Å². The van der Waals surface area contributed by atoms with E-state index in [1.54, 1.807) is 18.2 Å². The van der Waals surface area contributed by atoms with Gasteiger partial charge in [-0.15, -0.1) is 0 Å². The van der Waals surface area contributed by atoms with E-state index >= 15 is 0 Å². The standard InChI is InChI=1S/C21H23NO7/c1-12(22-19(24)14-4-2-3-5-15(14)20(22)25)21(26)29-11-16(23)13-6-7-17-18(10-13)28-9-8-27-17/h6-7,10,12,14-15H,2-5,8-9,11H2,1H3/t12-,14+,15+/m0/s1. The van der Waals surface area contributed by atoms with E-state index in [9.17, 15) is 19.2 Å². The van der Waals surface area contributed by atoms with Crippen LogP contribution in [0.15, 0.2) is 18.2 Å². The zero-order valence-electron chi connectivity index (χ0n) is 16.2. The van der Waals surface area contributed by atoms with E-state index in [0.717, 1.165) is 17.7 Å². The molecule has 0 bridgehead atoms. The first-order valence-electron chi connectivity index (χ1n) is 9.94. The largest absolute Gasteiger partial charge is 0.486 e. The summed E-state index contributed by atoms with van der Waals surface area (Å²) in [5.41, 5.74) is 0.328. The SMILES string of the molecule is C[C@@H](C(=O)OCC(=O)c1ccc2c(c1)OCCO2)N1C(=O)[C@@H]2CCCC[C@H]2C1=O. The number of ether oxygens (including phenoxy) is 3. The van der Waals surface area contributed by atoms with Gasteiger partial charge in [0.15, 0.2) is 23.9 Å². The molecule has 0 unspecified atom stereocenters. The Morgan fingerprint density at radius 1 is 1.07 bits per heavy atom. The Kier molecular flexibility index (Phi) is 5.25. The highest BCUT2D eigenvalue weighted by Crippen LogP contribution is 2.39. The molecule has 0 radical (unpaired) electrons. The van der Waals surface area contributed by atoms with Gasteiger partial charge in [-0.1, -0.05) is 12.8 Å². The number of likely N-dealkylation sites (tertiary alicyclic amines) is 1.